The molecule has 3 N–H and O–H groups in total. The summed E-state index contributed by atoms with van der Waals surface area (Å²) in [5.74, 6) is 6.21. The summed E-state index contributed by atoms with van der Waals surface area (Å²) >= 11 is 0. The lowest BCUT2D eigenvalue weighted by atomic mass is 9.96. The maximum absolute atomic E-state index is 12.8. The van der Waals surface area contributed by atoms with Gasteiger partial charge in [-0.3, -0.25) is 0 Å². The zero-order chi connectivity index (χ0) is 15.3. The number of anilines is 1. The van der Waals surface area contributed by atoms with Gasteiger partial charge in [-0.05, 0) is 37.3 Å². The first-order valence-electron chi connectivity index (χ1n) is 7.51. The molecule has 1 saturated heterocycles. The van der Waals surface area contributed by atoms with E-state index in [9.17, 15) is 8.42 Å². The average Bonchev–Trinajstić information content (AvgIpc) is 2.74. The molecule has 1 aliphatic rings. The van der Waals surface area contributed by atoms with Gasteiger partial charge in [-0.2, -0.15) is 4.31 Å². The zero-order valence-corrected chi connectivity index (χ0v) is 13.3. The summed E-state index contributed by atoms with van der Waals surface area (Å²) in [6.45, 7) is 3.32. The molecule has 0 bridgehead atoms. The normalized spacial score (nSPS) is 21.0. The lowest BCUT2D eigenvalue weighted by Gasteiger charge is -2.21. The van der Waals surface area contributed by atoms with Crippen LogP contribution in [0.5, 0.6) is 0 Å². The van der Waals surface area contributed by atoms with Crippen LogP contribution in [0.4, 0.5) is 5.82 Å². The number of nitrogen functional groups attached to an aromatic ring is 1. The highest BCUT2D eigenvalue weighted by Gasteiger charge is 2.29. The molecule has 1 fully saturated rings. The Labute approximate surface area is 126 Å². The molecule has 0 radical (unpaired) electrons. The van der Waals surface area contributed by atoms with Crippen LogP contribution in [0.1, 0.15) is 39.0 Å². The molecular formula is C14H24N4O2S. The summed E-state index contributed by atoms with van der Waals surface area (Å²) in [4.78, 5) is 4.14. The minimum absolute atomic E-state index is 0.154. The topological polar surface area (TPSA) is 88.3 Å². The van der Waals surface area contributed by atoms with Gasteiger partial charge in [0.05, 0.1) is 0 Å². The van der Waals surface area contributed by atoms with Crippen molar-refractivity contribution in [2.75, 3.05) is 18.5 Å². The first-order chi connectivity index (χ1) is 10.1. The second-order valence-electron chi connectivity index (χ2n) is 5.48. The van der Waals surface area contributed by atoms with Crippen LogP contribution >= 0.6 is 0 Å². The average molecular weight is 312 g/mol. The molecule has 118 valence electrons. The predicted molar refractivity (Wildman–Crippen MR) is 83.1 cm³/mol. The minimum atomic E-state index is -3.54. The third-order valence-electron chi connectivity index (χ3n) is 4.03. The van der Waals surface area contributed by atoms with E-state index in [0.29, 0.717) is 19.0 Å². The van der Waals surface area contributed by atoms with E-state index in [4.69, 9.17) is 5.84 Å². The molecule has 7 heteroatoms. The van der Waals surface area contributed by atoms with Crippen LogP contribution in [0, 0.1) is 5.92 Å². The molecule has 21 heavy (non-hydrogen) atoms. The van der Waals surface area contributed by atoms with Crippen LogP contribution in [0.3, 0.4) is 0 Å². The third kappa shape index (κ3) is 3.72. The molecule has 1 unspecified atom stereocenters. The van der Waals surface area contributed by atoms with E-state index in [1.807, 2.05) is 0 Å². The van der Waals surface area contributed by atoms with Gasteiger partial charge < -0.3 is 5.43 Å². The standard InChI is InChI=1S/C14H24N4O2S/c1-2-5-12-6-4-10-18(11-8-12)21(19,20)13-7-3-9-16-14(13)17-15/h3,7,9,12H,2,4-6,8,10-11,15H2,1H3,(H,16,17). The fourth-order valence-electron chi connectivity index (χ4n) is 2.92. The first-order valence-corrected chi connectivity index (χ1v) is 8.95. The van der Waals surface area contributed by atoms with E-state index < -0.39 is 10.0 Å². The number of nitrogens with zero attached hydrogens (tertiary/aromatic N) is 2. The summed E-state index contributed by atoms with van der Waals surface area (Å²) < 4.78 is 27.1. The molecule has 2 rings (SSSR count). The van der Waals surface area contributed by atoms with Gasteiger partial charge in [-0.15, -0.1) is 0 Å². The number of sulfonamides is 1. The van der Waals surface area contributed by atoms with Crippen LogP contribution < -0.4 is 11.3 Å². The number of rotatable bonds is 5. The summed E-state index contributed by atoms with van der Waals surface area (Å²) in [6, 6.07) is 3.16. The van der Waals surface area contributed by atoms with Gasteiger partial charge in [0, 0.05) is 19.3 Å². The number of hydrogen-bond donors (Lipinski definition) is 2. The Kier molecular flexibility index (Phi) is 5.55. The molecule has 2 heterocycles. The SMILES string of the molecule is CCCC1CCCN(S(=O)(=O)c2cccnc2NN)CC1. The zero-order valence-electron chi connectivity index (χ0n) is 12.5. The molecule has 1 aromatic heterocycles. The van der Waals surface area contributed by atoms with E-state index >= 15 is 0 Å². The Balaban J connectivity index is 2.19. The second-order valence-corrected chi connectivity index (χ2v) is 7.39. The van der Waals surface area contributed by atoms with Crippen molar-refractivity contribution in [3.8, 4) is 0 Å². The molecule has 1 aliphatic heterocycles. The number of hydrogen-bond acceptors (Lipinski definition) is 5. The maximum atomic E-state index is 12.8. The van der Waals surface area contributed by atoms with Crippen molar-refractivity contribution in [2.24, 2.45) is 11.8 Å². The lowest BCUT2D eigenvalue weighted by Crippen LogP contribution is -2.33. The Hall–Kier alpha value is -1.18. The fraction of sp³-hybridized carbons (Fsp3) is 0.643. The predicted octanol–water partition coefficient (Wildman–Crippen LogP) is 1.96. The highest BCUT2D eigenvalue weighted by atomic mass is 32.2. The maximum Gasteiger partial charge on any atom is 0.246 e. The van der Waals surface area contributed by atoms with Crippen molar-refractivity contribution in [3.05, 3.63) is 18.3 Å². The Morgan fingerprint density at radius 3 is 2.95 bits per heavy atom. The van der Waals surface area contributed by atoms with Gasteiger partial charge >= 0.3 is 0 Å². The molecule has 0 aromatic carbocycles. The van der Waals surface area contributed by atoms with Crippen LogP contribution in [0.25, 0.3) is 0 Å². The van der Waals surface area contributed by atoms with Gasteiger partial charge in [-0.1, -0.05) is 19.8 Å². The molecular weight excluding hydrogens is 288 g/mol. The van der Waals surface area contributed by atoms with Crippen molar-refractivity contribution < 1.29 is 8.42 Å². The van der Waals surface area contributed by atoms with Gasteiger partial charge in [0.1, 0.15) is 4.90 Å². The number of nitrogens with one attached hydrogen (secondary N) is 1. The molecule has 0 spiro atoms. The van der Waals surface area contributed by atoms with Crippen molar-refractivity contribution >= 4 is 15.8 Å². The molecule has 1 aromatic rings. The summed E-state index contributed by atoms with van der Waals surface area (Å²) in [6.07, 6.45) is 6.80. The van der Waals surface area contributed by atoms with E-state index in [1.165, 1.54) is 12.6 Å². The van der Waals surface area contributed by atoms with E-state index in [2.05, 4.69) is 17.3 Å². The highest BCUT2D eigenvalue weighted by molar-refractivity contribution is 7.89. The van der Waals surface area contributed by atoms with Crippen molar-refractivity contribution in [1.29, 1.82) is 0 Å². The lowest BCUT2D eigenvalue weighted by molar-refractivity contribution is 0.400. The van der Waals surface area contributed by atoms with Gasteiger partial charge in [0.2, 0.25) is 10.0 Å². The number of hydrazine groups is 1. The largest absolute Gasteiger partial charge is 0.307 e. The number of aromatic nitrogens is 1. The van der Waals surface area contributed by atoms with Gasteiger partial charge in [0.25, 0.3) is 0 Å². The minimum Gasteiger partial charge on any atom is -0.307 e. The fourth-order valence-corrected chi connectivity index (χ4v) is 4.52. The highest BCUT2D eigenvalue weighted by Crippen LogP contribution is 2.27. The van der Waals surface area contributed by atoms with Gasteiger partial charge in [0.15, 0.2) is 5.82 Å². The molecule has 0 saturated carbocycles. The molecule has 1 atom stereocenters. The number of nitrogens with two attached hydrogens (primary N) is 1. The van der Waals surface area contributed by atoms with E-state index in [-0.39, 0.29) is 10.7 Å². The first kappa shape index (κ1) is 16.2. The summed E-state index contributed by atoms with van der Waals surface area (Å²) in [5, 5.41) is 0. The van der Waals surface area contributed by atoms with E-state index in [0.717, 1.165) is 25.7 Å². The van der Waals surface area contributed by atoms with Crippen LogP contribution in [0.2, 0.25) is 0 Å². The monoisotopic (exact) mass is 312 g/mol. The Morgan fingerprint density at radius 2 is 2.24 bits per heavy atom. The molecule has 0 amide bonds. The van der Waals surface area contributed by atoms with E-state index in [1.54, 1.807) is 16.4 Å². The van der Waals surface area contributed by atoms with Gasteiger partial charge in [-0.25, -0.2) is 19.2 Å². The van der Waals surface area contributed by atoms with Crippen molar-refractivity contribution in [3.63, 3.8) is 0 Å². The summed E-state index contributed by atoms with van der Waals surface area (Å²) in [7, 11) is -3.54. The summed E-state index contributed by atoms with van der Waals surface area (Å²) in [5.41, 5.74) is 2.37. The quantitative estimate of drug-likeness (QED) is 0.641. The Morgan fingerprint density at radius 1 is 1.43 bits per heavy atom. The second kappa shape index (κ2) is 7.20. The number of pyridine rings is 1. The smallest absolute Gasteiger partial charge is 0.246 e. The molecule has 0 aliphatic carbocycles. The third-order valence-corrected chi connectivity index (χ3v) is 5.96. The van der Waals surface area contributed by atoms with Crippen LogP contribution in [0.15, 0.2) is 23.2 Å². The van der Waals surface area contributed by atoms with Crippen molar-refractivity contribution in [1.82, 2.24) is 9.29 Å². The molecule has 6 nitrogen and oxygen atoms in total. The van der Waals surface area contributed by atoms with Crippen LogP contribution in [-0.4, -0.2) is 30.8 Å². The Bertz CT molecular complexity index is 562. The van der Waals surface area contributed by atoms with Crippen molar-refractivity contribution in [2.45, 2.75) is 43.9 Å². The van der Waals surface area contributed by atoms with Crippen LogP contribution in [-0.2, 0) is 10.0 Å².